The van der Waals surface area contributed by atoms with Crippen LogP contribution in [0.3, 0.4) is 0 Å². The van der Waals surface area contributed by atoms with Crippen molar-refractivity contribution in [2.75, 3.05) is 18.4 Å². The molecule has 11 heteroatoms. The summed E-state index contributed by atoms with van der Waals surface area (Å²) in [5.41, 5.74) is 7.19. The molecule has 3 aromatic heterocycles. The summed E-state index contributed by atoms with van der Waals surface area (Å²) in [6, 6.07) is 8.88. The van der Waals surface area contributed by atoms with Crippen molar-refractivity contribution < 1.29 is 18.0 Å². The number of nitrogens with one attached hydrogen (secondary N) is 1. The molecule has 1 atom stereocenters. The van der Waals surface area contributed by atoms with E-state index < -0.39 is 17.6 Å². The van der Waals surface area contributed by atoms with Gasteiger partial charge in [-0.15, -0.1) is 0 Å². The average molecular weight is 520 g/mol. The number of hydrogen-bond acceptors (Lipinski definition) is 6. The Hall–Kier alpha value is -4.27. The number of amides is 1. The van der Waals surface area contributed by atoms with Crippen molar-refractivity contribution in [3.8, 4) is 11.8 Å². The van der Waals surface area contributed by atoms with Crippen LogP contribution in [0.25, 0.3) is 5.65 Å². The summed E-state index contributed by atoms with van der Waals surface area (Å²) in [5.74, 6) is 5.27. The summed E-state index contributed by atoms with van der Waals surface area (Å²) in [5, 5.41) is 6.74. The first-order chi connectivity index (χ1) is 18.3. The number of pyridine rings is 1. The molecule has 0 radical (unpaired) electrons. The van der Waals surface area contributed by atoms with E-state index in [0.29, 0.717) is 30.0 Å². The third kappa shape index (κ3) is 5.82. The van der Waals surface area contributed by atoms with Crippen molar-refractivity contribution in [3.63, 3.8) is 0 Å². The number of alkyl halides is 3. The van der Waals surface area contributed by atoms with Gasteiger partial charge in [-0.25, -0.2) is 9.50 Å². The zero-order chi connectivity index (χ0) is 26.7. The van der Waals surface area contributed by atoms with Crippen molar-refractivity contribution in [2.24, 2.45) is 5.73 Å². The molecule has 4 heterocycles. The molecule has 3 N–H and O–H groups in total. The predicted octanol–water partition coefficient (Wildman–Crippen LogP) is 3.72. The molecule has 4 aromatic rings. The first kappa shape index (κ1) is 25.4. The molecule has 1 aliphatic heterocycles. The Kier molecular flexibility index (Phi) is 7.09. The highest BCUT2D eigenvalue weighted by atomic mass is 19.4. The number of fused-ring (bicyclic) bond motifs is 1. The molecular weight excluding hydrogens is 495 g/mol. The molecule has 1 fully saturated rings. The zero-order valence-electron chi connectivity index (χ0n) is 20.2. The fraction of sp³-hybridized carbons (Fsp3) is 0.259. The highest BCUT2D eigenvalue weighted by molar-refractivity contribution is 6.04. The second-order valence-electron chi connectivity index (χ2n) is 9.11. The molecule has 5 rings (SSSR count). The zero-order valence-corrected chi connectivity index (χ0v) is 20.2. The van der Waals surface area contributed by atoms with Crippen molar-refractivity contribution in [2.45, 2.75) is 31.6 Å². The van der Waals surface area contributed by atoms with Crippen LogP contribution in [0.15, 0.2) is 61.2 Å². The molecule has 0 aliphatic carbocycles. The van der Waals surface area contributed by atoms with Crippen LogP contribution in [0.4, 0.5) is 18.9 Å². The van der Waals surface area contributed by atoms with Crippen LogP contribution in [-0.4, -0.2) is 49.5 Å². The molecule has 0 saturated carbocycles. The van der Waals surface area contributed by atoms with Gasteiger partial charge in [0.05, 0.1) is 17.3 Å². The van der Waals surface area contributed by atoms with Crippen molar-refractivity contribution >= 4 is 17.2 Å². The maximum absolute atomic E-state index is 13.9. The number of imidazole rings is 1. The Labute approximate surface area is 216 Å². The van der Waals surface area contributed by atoms with Crippen LogP contribution in [0, 0.1) is 11.8 Å². The standard InChI is InChI=1S/C27H24F3N7O/c28-27(29,30)24-12-22(7-6-19(24)16-36-10-2-3-21(31)17-36)35-26(38)20-11-18(13-32-14-20)5-8-23-15-33-25-4-1-9-34-37(23)25/h1,4,6-7,9,11-15,21H,2-3,10,16-17,31H2,(H,35,38)/t21-/m1/s1. The molecule has 8 nitrogen and oxygen atoms in total. The summed E-state index contributed by atoms with van der Waals surface area (Å²) in [4.78, 5) is 23.0. The van der Waals surface area contributed by atoms with Gasteiger partial charge < -0.3 is 11.1 Å². The van der Waals surface area contributed by atoms with E-state index in [0.717, 1.165) is 18.9 Å². The number of anilines is 1. The number of nitrogens with two attached hydrogens (primary N) is 1. The number of piperidine rings is 1. The van der Waals surface area contributed by atoms with Crippen molar-refractivity contribution in [1.29, 1.82) is 0 Å². The molecule has 1 saturated heterocycles. The van der Waals surface area contributed by atoms with E-state index in [1.165, 1.54) is 30.6 Å². The van der Waals surface area contributed by atoms with Gasteiger partial charge in [0.2, 0.25) is 0 Å². The summed E-state index contributed by atoms with van der Waals surface area (Å²) >= 11 is 0. The van der Waals surface area contributed by atoms with E-state index in [1.807, 2.05) is 4.90 Å². The number of carbonyl (C=O) groups excluding carboxylic acids is 1. The van der Waals surface area contributed by atoms with Gasteiger partial charge in [0.1, 0.15) is 5.69 Å². The van der Waals surface area contributed by atoms with E-state index in [-0.39, 0.29) is 29.4 Å². The Morgan fingerprint density at radius 1 is 1.16 bits per heavy atom. The van der Waals surface area contributed by atoms with Crippen LogP contribution >= 0.6 is 0 Å². The van der Waals surface area contributed by atoms with Gasteiger partial charge in [0.25, 0.3) is 5.91 Å². The van der Waals surface area contributed by atoms with Gasteiger partial charge in [-0.1, -0.05) is 12.0 Å². The SMILES string of the molecule is N[C@@H]1CCCN(Cc2ccc(NC(=O)c3cncc(C#Cc4cnc5cccnn45)c3)cc2C(F)(F)F)C1. The molecule has 1 amide bonds. The maximum Gasteiger partial charge on any atom is 0.416 e. The van der Waals surface area contributed by atoms with Crippen molar-refractivity contribution in [3.05, 3.63) is 89.1 Å². The van der Waals surface area contributed by atoms with Crippen molar-refractivity contribution in [1.82, 2.24) is 24.5 Å². The quantitative estimate of drug-likeness (QED) is 0.399. The highest BCUT2D eigenvalue weighted by Gasteiger charge is 2.34. The van der Waals surface area contributed by atoms with E-state index in [4.69, 9.17) is 5.73 Å². The maximum atomic E-state index is 13.9. The molecule has 0 spiro atoms. The second-order valence-corrected chi connectivity index (χ2v) is 9.11. The third-order valence-corrected chi connectivity index (χ3v) is 6.22. The Morgan fingerprint density at radius 3 is 2.84 bits per heavy atom. The monoisotopic (exact) mass is 519 g/mol. The van der Waals surface area contributed by atoms with E-state index >= 15 is 0 Å². The summed E-state index contributed by atoms with van der Waals surface area (Å²) < 4.78 is 43.2. The number of rotatable bonds is 4. The minimum atomic E-state index is -4.57. The lowest BCUT2D eigenvalue weighted by Gasteiger charge is -2.31. The Balaban J connectivity index is 1.33. The van der Waals surface area contributed by atoms with E-state index in [9.17, 15) is 18.0 Å². The van der Waals surface area contributed by atoms with Gasteiger partial charge in [-0.05, 0) is 61.2 Å². The van der Waals surface area contributed by atoms with Gasteiger partial charge >= 0.3 is 6.18 Å². The lowest BCUT2D eigenvalue weighted by Crippen LogP contribution is -2.42. The number of benzene rings is 1. The van der Waals surface area contributed by atoms with Crippen LogP contribution in [-0.2, 0) is 12.7 Å². The topological polar surface area (TPSA) is 101 Å². The lowest BCUT2D eigenvalue weighted by molar-refractivity contribution is -0.138. The Bertz CT molecular complexity index is 1540. The third-order valence-electron chi connectivity index (χ3n) is 6.22. The molecule has 0 unspecified atom stereocenters. The molecule has 38 heavy (non-hydrogen) atoms. The predicted molar refractivity (Wildman–Crippen MR) is 135 cm³/mol. The molecular formula is C27H24F3N7O. The van der Waals surface area contributed by atoms with E-state index in [2.05, 4.69) is 32.2 Å². The number of carbonyl (C=O) groups is 1. The van der Waals surface area contributed by atoms with Crippen LogP contribution < -0.4 is 11.1 Å². The van der Waals surface area contributed by atoms with Gasteiger partial charge in [0.15, 0.2) is 5.65 Å². The van der Waals surface area contributed by atoms with Crippen LogP contribution in [0.5, 0.6) is 0 Å². The summed E-state index contributed by atoms with van der Waals surface area (Å²) in [6.07, 6.45) is 3.17. The molecule has 0 bridgehead atoms. The molecule has 1 aromatic carbocycles. The number of aromatic nitrogens is 4. The number of halogens is 3. The normalized spacial score (nSPS) is 16.2. The fourth-order valence-corrected chi connectivity index (χ4v) is 4.42. The number of nitrogens with zero attached hydrogens (tertiary/aromatic N) is 5. The smallest absolute Gasteiger partial charge is 0.327 e. The summed E-state index contributed by atoms with van der Waals surface area (Å²) in [7, 11) is 0. The fourth-order valence-electron chi connectivity index (χ4n) is 4.42. The molecule has 1 aliphatic rings. The average Bonchev–Trinajstić information content (AvgIpc) is 3.31. The minimum absolute atomic E-state index is 0.0368. The highest BCUT2D eigenvalue weighted by Crippen LogP contribution is 2.35. The largest absolute Gasteiger partial charge is 0.416 e. The second kappa shape index (κ2) is 10.6. The van der Waals surface area contributed by atoms with Gasteiger partial charge in [-0.3, -0.25) is 14.7 Å². The Morgan fingerprint density at radius 2 is 2.03 bits per heavy atom. The number of likely N-dealkylation sites (tertiary alicyclic amines) is 1. The summed E-state index contributed by atoms with van der Waals surface area (Å²) in [6.45, 7) is 1.39. The number of hydrogen-bond donors (Lipinski definition) is 2. The lowest BCUT2D eigenvalue weighted by atomic mass is 10.0. The van der Waals surface area contributed by atoms with Crippen LogP contribution in [0.2, 0.25) is 0 Å². The van der Waals surface area contributed by atoms with Gasteiger partial charge in [0, 0.05) is 49.0 Å². The minimum Gasteiger partial charge on any atom is -0.327 e. The van der Waals surface area contributed by atoms with E-state index in [1.54, 1.807) is 29.0 Å². The van der Waals surface area contributed by atoms with Gasteiger partial charge in [-0.2, -0.15) is 18.3 Å². The van der Waals surface area contributed by atoms with Crippen LogP contribution in [0.1, 0.15) is 45.6 Å². The first-order valence-electron chi connectivity index (χ1n) is 12.0. The molecule has 194 valence electrons. The first-order valence-corrected chi connectivity index (χ1v) is 12.0.